The molecule has 3 rings (SSSR count). The second kappa shape index (κ2) is 10.3. The lowest BCUT2D eigenvalue weighted by Gasteiger charge is -2.33. The Hall–Kier alpha value is -2.15. The van der Waals surface area contributed by atoms with Gasteiger partial charge in [-0.1, -0.05) is 6.42 Å². The average molecular weight is 377 g/mol. The van der Waals surface area contributed by atoms with E-state index in [1.807, 2.05) is 18.2 Å². The Kier molecular flexibility index (Phi) is 7.45. The van der Waals surface area contributed by atoms with Crippen LogP contribution in [0.3, 0.4) is 0 Å². The summed E-state index contributed by atoms with van der Waals surface area (Å²) in [4.78, 5) is 6.87. The van der Waals surface area contributed by atoms with Crippen molar-refractivity contribution in [3.8, 4) is 17.2 Å². The predicted molar refractivity (Wildman–Crippen MR) is 107 cm³/mol. The summed E-state index contributed by atoms with van der Waals surface area (Å²) in [6.07, 6.45) is 5.17. The Morgan fingerprint density at radius 3 is 2.93 bits per heavy atom. The van der Waals surface area contributed by atoms with E-state index in [0.29, 0.717) is 13.2 Å². The number of ether oxygens (including phenoxy) is 3. The summed E-state index contributed by atoms with van der Waals surface area (Å²) in [5.41, 5.74) is 0. The first kappa shape index (κ1) is 19.6. The highest BCUT2D eigenvalue weighted by atomic mass is 16.7. The molecule has 7 nitrogen and oxygen atoms in total. The van der Waals surface area contributed by atoms with Gasteiger partial charge >= 0.3 is 0 Å². The highest BCUT2D eigenvalue weighted by molar-refractivity contribution is 5.79. The van der Waals surface area contributed by atoms with Crippen molar-refractivity contribution in [2.45, 2.75) is 38.6 Å². The smallest absolute Gasteiger partial charge is 0.231 e. The van der Waals surface area contributed by atoms with Gasteiger partial charge < -0.3 is 29.7 Å². The molecule has 0 saturated carbocycles. The SMILES string of the molecule is CN=C(NCCCN1CCCCC1C)NCCOc1ccc2c(c1)OCO2. The fraction of sp³-hybridized carbons (Fsp3) is 0.650. The first-order valence-electron chi connectivity index (χ1n) is 9.97. The highest BCUT2D eigenvalue weighted by Crippen LogP contribution is 2.34. The Morgan fingerprint density at radius 2 is 2.07 bits per heavy atom. The molecule has 0 bridgehead atoms. The van der Waals surface area contributed by atoms with Gasteiger partial charge in [0.15, 0.2) is 17.5 Å². The van der Waals surface area contributed by atoms with E-state index in [4.69, 9.17) is 14.2 Å². The van der Waals surface area contributed by atoms with Crippen LogP contribution in [0.5, 0.6) is 17.2 Å². The quantitative estimate of drug-likeness (QED) is 0.412. The number of likely N-dealkylation sites (tertiary alicyclic amines) is 1. The topological polar surface area (TPSA) is 67.4 Å². The van der Waals surface area contributed by atoms with Crippen LogP contribution in [0.15, 0.2) is 23.2 Å². The van der Waals surface area contributed by atoms with Crippen LogP contribution in [-0.2, 0) is 0 Å². The van der Waals surface area contributed by atoms with Crippen LogP contribution in [0, 0.1) is 0 Å². The first-order chi connectivity index (χ1) is 13.3. The number of piperidine rings is 1. The van der Waals surface area contributed by atoms with E-state index >= 15 is 0 Å². The van der Waals surface area contributed by atoms with Crippen LogP contribution in [0.2, 0.25) is 0 Å². The third kappa shape index (κ3) is 5.92. The third-order valence-corrected chi connectivity index (χ3v) is 5.09. The lowest BCUT2D eigenvalue weighted by molar-refractivity contribution is 0.159. The molecule has 7 heteroatoms. The van der Waals surface area contributed by atoms with Crippen LogP contribution in [0.1, 0.15) is 32.6 Å². The molecule has 2 heterocycles. The Balaban J connectivity index is 1.28. The van der Waals surface area contributed by atoms with Crippen LogP contribution in [0.25, 0.3) is 0 Å². The number of aliphatic imine (C=N–C) groups is 1. The van der Waals surface area contributed by atoms with Crippen molar-refractivity contribution in [2.24, 2.45) is 4.99 Å². The van der Waals surface area contributed by atoms with Crippen LogP contribution < -0.4 is 24.8 Å². The summed E-state index contributed by atoms with van der Waals surface area (Å²) >= 11 is 0. The molecular weight excluding hydrogens is 344 g/mol. The van der Waals surface area contributed by atoms with E-state index in [9.17, 15) is 0 Å². The minimum atomic E-state index is 0.277. The number of fused-ring (bicyclic) bond motifs is 1. The maximum atomic E-state index is 5.76. The zero-order chi connectivity index (χ0) is 18.9. The normalized spacial score (nSPS) is 19.8. The predicted octanol–water partition coefficient (Wildman–Crippen LogP) is 2.22. The van der Waals surface area contributed by atoms with Gasteiger partial charge in [0.2, 0.25) is 6.79 Å². The number of benzene rings is 1. The lowest BCUT2D eigenvalue weighted by atomic mass is 10.0. The molecule has 0 aliphatic carbocycles. The second-order valence-corrected chi connectivity index (χ2v) is 7.02. The van der Waals surface area contributed by atoms with Crippen molar-refractivity contribution in [1.82, 2.24) is 15.5 Å². The van der Waals surface area contributed by atoms with Crippen LogP contribution >= 0.6 is 0 Å². The zero-order valence-corrected chi connectivity index (χ0v) is 16.5. The van der Waals surface area contributed by atoms with E-state index in [-0.39, 0.29) is 6.79 Å². The van der Waals surface area contributed by atoms with Crippen LogP contribution in [-0.4, -0.2) is 63.5 Å². The molecule has 2 aliphatic heterocycles. The van der Waals surface area contributed by atoms with Gasteiger partial charge in [-0.05, 0) is 44.9 Å². The fourth-order valence-corrected chi connectivity index (χ4v) is 3.50. The molecule has 1 aromatic rings. The maximum absolute atomic E-state index is 5.76. The molecule has 0 aromatic heterocycles. The monoisotopic (exact) mass is 376 g/mol. The molecule has 150 valence electrons. The van der Waals surface area contributed by atoms with Crippen molar-refractivity contribution in [1.29, 1.82) is 0 Å². The largest absolute Gasteiger partial charge is 0.492 e. The lowest BCUT2D eigenvalue weighted by Crippen LogP contribution is -2.42. The molecule has 1 aromatic carbocycles. The number of nitrogens with zero attached hydrogens (tertiary/aromatic N) is 2. The van der Waals surface area contributed by atoms with E-state index in [2.05, 4.69) is 27.4 Å². The summed E-state index contributed by atoms with van der Waals surface area (Å²) < 4.78 is 16.4. The van der Waals surface area contributed by atoms with E-state index in [0.717, 1.165) is 48.8 Å². The first-order valence-corrected chi connectivity index (χ1v) is 9.97. The molecule has 1 saturated heterocycles. The molecule has 0 spiro atoms. The van der Waals surface area contributed by atoms with Crippen LogP contribution in [0.4, 0.5) is 0 Å². The zero-order valence-electron chi connectivity index (χ0n) is 16.5. The summed E-state index contributed by atoms with van der Waals surface area (Å²) in [7, 11) is 1.79. The molecule has 1 fully saturated rings. The number of rotatable bonds is 8. The van der Waals surface area contributed by atoms with Gasteiger partial charge in [0.25, 0.3) is 0 Å². The highest BCUT2D eigenvalue weighted by Gasteiger charge is 2.17. The van der Waals surface area contributed by atoms with Crippen molar-refractivity contribution >= 4 is 5.96 Å². The molecule has 2 N–H and O–H groups in total. The van der Waals surface area contributed by atoms with Gasteiger partial charge in [-0.15, -0.1) is 0 Å². The molecule has 0 amide bonds. The van der Waals surface area contributed by atoms with Gasteiger partial charge in [0, 0.05) is 32.2 Å². The van der Waals surface area contributed by atoms with Crippen molar-refractivity contribution in [3.05, 3.63) is 18.2 Å². The van der Waals surface area contributed by atoms with Gasteiger partial charge in [-0.3, -0.25) is 4.99 Å². The second-order valence-electron chi connectivity index (χ2n) is 7.02. The molecular formula is C20H32N4O3. The Labute approximate surface area is 162 Å². The van der Waals surface area contributed by atoms with E-state index in [1.165, 1.54) is 25.8 Å². The van der Waals surface area contributed by atoms with Crippen molar-refractivity contribution in [3.63, 3.8) is 0 Å². The summed E-state index contributed by atoms with van der Waals surface area (Å²) in [6.45, 7) is 7.16. The molecule has 2 aliphatic rings. The molecule has 27 heavy (non-hydrogen) atoms. The van der Waals surface area contributed by atoms with Crippen molar-refractivity contribution < 1.29 is 14.2 Å². The number of hydrogen-bond acceptors (Lipinski definition) is 5. The van der Waals surface area contributed by atoms with Gasteiger partial charge in [0.05, 0.1) is 6.54 Å². The van der Waals surface area contributed by atoms with Gasteiger partial charge in [-0.2, -0.15) is 0 Å². The summed E-state index contributed by atoms with van der Waals surface area (Å²) in [6, 6.07) is 6.35. The molecule has 1 atom stereocenters. The Bertz CT molecular complexity index is 623. The third-order valence-electron chi connectivity index (χ3n) is 5.09. The fourth-order valence-electron chi connectivity index (χ4n) is 3.50. The Morgan fingerprint density at radius 1 is 1.22 bits per heavy atom. The minimum absolute atomic E-state index is 0.277. The number of hydrogen-bond donors (Lipinski definition) is 2. The average Bonchev–Trinajstić information content (AvgIpc) is 3.16. The van der Waals surface area contributed by atoms with Gasteiger partial charge in [-0.25, -0.2) is 0 Å². The summed E-state index contributed by atoms with van der Waals surface area (Å²) in [5.74, 6) is 3.10. The summed E-state index contributed by atoms with van der Waals surface area (Å²) in [5, 5.41) is 6.66. The van der Waals surface area contributed by atoms with Gasteiger partial charge in [0.1, 0.15) is 12.4 Å². The molecule has 0 radical (unpaired) electrons. The van der Waals surface area contributed by atoms with E-state index < -0.39 is 0 Å². The maximum Gasteiger partial charge on any atom is 0.231 e. The molecule has 1 unspecified atom stereocenters. The minimum Gasteiger partial charge on any atom is -0.492 e. The standard InChI is InChI=1S/C20H32N4O3/c1-16-6-3-4-11-24(16)12-5-9-22-20(21-2)23-10-13-25-17-7-8-18-19(14-17)27-15-26-18/h7-8,14,16H,3-6,9-13,15H2,1-2H3,(H2,21,22,23). The number of guanidine groups is 1. The van der Waals surface area contributed by atoms with Crippen molar-refractivity contribution in [2.75, 3.05) is 46.6 Å². The number of nitrogens with one attached hydrogen (secondary N) is 2. The van der Waals surface area contributed by atoms with E-state index in [1.54, 1.807) is 7.05 Å².